The summed E-state index contributed by atoms with van der Waals surface area (Å²) in [7, 11) is -3.78. The number of hydrogen-bond acceptors (Lipinski definition) is 5. The molecular weight excluding hydrogens is 493 g/mol. The van der Waals surface area contributed by atoms with Crippen LogP contribution < -0.4 is 10.7 Å². The van der Waals surface area contributed by atoms with Crippen molar-refractivity contribution in [2.24, 2.45) is 10.3 Å². The van der Waals surface area contributed by atoms with E-state index in [1.165, 1.54) is 30.5 Å². The third kappa shape index (κ3) is 5.84. The molecule has 0 fully saturated rings. The van der Waals surface area contributed by atoms with Gasteiger partial charge < -0.3 is 10.2 Å². The maximum atomic E-state index is 13.9. The van der Waals surface area contributed by atoms with Crippen molar-refractivity contribution >= 4 is 15.7 Å². The minimum Gasteiger partial charge on any atom is -0.411 e. The van der Waals surface area contributed by atoms with Crippen LogP contribution in [-0.2, 0) is 10.0 Å². The van der Waals surface area contributed by atoms with Gasteiger partial charge in [-0.25, -0.2) is 17.9 Å². The topological polar surface area (TPSA) is 126 Å². The molecule has 1 heterocycles. The van der Waals surface area contributed by atoms with Crippen LogP contribution in [0.1, 0.15) is 40.2 Å². The molecule has 0 bridgehead atoms. The van der Waals surface area contributed by atoms with E-state index in [2.05, 4.69) is 10.1 Å². The van der Waals surface area contributed by atoms with Crippen LogP contribution in [-0.4, -0.2) is 24.3 Å². The van der Waals surface area contributed by atoms with Crippen LogP contribution >= 0.6 is 0 Å². The molecule has 0 saturated carbocycles. The van der Waals surface area contributed by atoms with E-state index in [-0.39, 0.29) is 28.6 Å². The van der Waals surface area contributed by atoms with Gasteiger partial charge in [-0.1, -0.05) is 47.6 Å². The predicted octanol–water partition coefficient (Wildman–Crippen LogP) is 4.85. The lowest BCUT2D eigenvalue weighted by Crippen LogP contribution is -2.15. The van der Waals surface area contributed by atoms with Crippen LogP contribution in [0.25, 0.3) is 11.1 Å². The van der Waals surface area contributed by atoms with Crippen molar-refractivity contribution in [2.75, 3.05) is 0 Å². The van der Waals surface area contributed by atoms with Gasteiger partial charge >= 0.3 is 0 Å². The summed E-state index contributed by atoms with van der Waals surface area (Å²) >= 11 is 0. The molecule has 0 radical (unpaired) electrons. The number of pyridine rings is 1. The van der Waals surface area contributed by atoms with Gasteiger partial charge in [0.05, 0.1) is 10.6 Å². The number of aromatic nitrogens is 1. The average Bonchev–Trinajstić information content (AvgIpc) is 2.87. The van der Waals surface area contributed by atoms with E-state index in [1.807, 2.05) is 31.2 Å². The van der Waals surface area contributed by atoms with Crippen LogP contribution in [0, 0.1) is 19.7 Å². The first-order valence-electron chi connectivity index (χ1n) is 11.5. The zero-order valence-corrected chi connectivity index (χ0v) is 21.1. The molecule has 1 aromatic heterocycles. The highest BCUT2D eigenvalue weighted by molar-refractivity contribution is 7.89. The molecule has 3 aromatic carbocycles. The molecule has 0 aliphatic carbocycles. The number of H-pyrrole nitrogens is 1. The Labute approximate surface area is 214 Å². The van der Waals surface area contributed by atoms with Gasteiger partial charge in [0.15, 0.2) is 0 Å². The molecule has 7 nitrogen and oxygen atoms in total. The molecule has 9 heteroatoms. The molecule has 37 heavy (non-hydrogen) atoms. The number of nitrogens with one attached hydrogen (secondary N) is 1. The zero-order chi connectivity index (χ0) is 26.7. The fourth-order valence-corrected chi connectivity index (χ4v) is 4.87. The van der Waals surface area contributed by atoms with E-state index in [0.717, 1.165) is 27.8 Å². The number of sulfonamides is 1. The van der Waals surface area contributed by atoms with E-state index < -0.39 is 10.0 Å². The first-order chi connectivity index (χ1) is 17.6. The minimum atomic E-state index is -3.78. The molecule has 4 aromatic rings. The third-order valence-electron chi connectivity index (χ3n) is 6.38. The third-order valence-corrected chi connectivity index (χ3v) is 7.31. The highest BCUT2D eigenvalue weighted by atomic mass is 32.2. The number of hydrogen-bond donors (Lipinski definition) is 3. The number of rotatable bonds is 7. The zero-order valence-electron chi connectivity index (χ0n) is 20.3. The Morgan fingerprint density at radius 2 is 1.59 bits per heavy atom. The number of halogens is 1. The Kier molecular flexibility index (Phi) is 7.37. The minimum absolute atomic E-state index is 0.0352. The normalized spacial score (nSPS) is 12.9. The molecule has 1 atom stereocenters. The van der Waals surface area contributed by atoms with Crippen molar-refractivity contribution in [1.29, 1.82) is 0 Å². The number of nitrogens with zero attached hydrogens (tertiary/aromatic N) is 1. The van der Waals surface area contributed by atoms with E-state index in [9.17, 15) is 22.8 Å². The molecule has 190 valence electrons. The smallest absolute Gasteiger partial charge is 0.250 e. The molecular formula is C28H26FN3O4S. The second kappa shape index (κ2) is 10.5. The van der Waals surface area contributed by atoms with E-state index >= 15 is 0 Å². The molecule has 0 spiro atoms. The van der Waals surface area contributed by atoms with Crippen molar-refractivity contribution in [1.82, 2.24) is 4.98 Å². The van der Waals surface area contributed by atoms with E-state index in [1.54, 1.807) is 31.2 Å². The molecule has 0 aliphatic heterocycles. The lowest BCUT2D eigenvalue weighted by atomic mass is 9.83. The van der Waals surface area contributed by atoms with Gasteiger partial charge in [-0.05, 0) is 72.0 Å². The van der Waals surface area contributed by atoms with Crippen LogP contribution in [0.15, 0.2) is 93.8 Å². The van der Waals surface area contributed by atoms with Crippen LogP contribution in [0.5, 0.6) is 0 Å². The summed E-state index contributed by atoms with van der Waals surface area (Å²) in [5.74, 6) is -0.622. The lowest BCUT2D eigenvalue weighted by molar-refractivity contribution is 0.317. The summed E-state index contributed by atoms with van der Waals surface area (Å²) in [6.07, 6.45) is 1.80. The molecule has 0 unspecified atom stereocenters. The average molecular weight is 520 g/mol. The fraction of sp³-hybridized carbons (Fsp3) is 0.143. The lowest BCUT2D eigenvalue weighted by Gasteiger charge is -2.21. The summed E-state index contributed by atoms with van der Waals surface area (Å²) < 4.78 is 37.0. The van der Waals surface area contributed by atoms with Crippen LogP contribution in [0.3, 0.4) is 0 Å². The maximum Gasteiger partial charge on any atom is 0.250 e. The summed E-state index contributed by atoms with van der Waals surface area (Å²) in [6.45, 7) is 3.50. The molecule has 0 aliphatic rings. The number of nitrogens with two attached hydrogens (primary N) is 1. The van der Waals surface area contributed by atoms with Crippen molar-refractivity contribution in [3.63, 3.8) is 0 Å². The molecule has 4 N–H and O–H groups in total. The SMILES string of the molecule is Cc1cc(F)ccc1[C@H](C/C(=N\O)c1c[nH]c(=O)c(C)c1)c1ccc(-c2ccc(S(N)(=O)=O)cc2)cc1. The Hall–Kier alpha value is -4.08. The highest BCUT2D eigenvalue weighted by Crippen LogP contribution is 2.33. The Morgan fingerprint density at radius 3 is 2.14 bits per heavy atom. The van der Waals surface area contributed by atoms with Crippen molar-refractivity contribution in [3.8, 4) is 11.1 Å². The van der Waals surface area contributed by atoms with Gasteiger partial charge in [-0.2, -0.15) is 0 Å². The largest absolute Gasteiger partial charge is 0.411 e. The van der Waals surface area contributed by atoms with Crippen molar-refractivity contribution in [3.05, 3.63) is 123 Å². The fourth-order valence-electron chi connectivity index (χ4n) is 4.36. The van der Waals surface area contributed by atoms with Crippen molar-refractivity contribution in [2.45, 2.75) is 31.1 Å². The van der Waals surface area contributed by atoms with Gasteiger partial charge in [0.2, 0.25) is 10.0 Å². The van der Waals surface area contributed by atoms with Crippen molar-refractivity contribution < 1.29 is 18.0 Å². The molecule has 0 saturated heterocycles. The first-order valence-corrected chi connectivity index (χ1v) is 13.0. The van der Waals surface area contributed by atoms with Gasteiger partial charge in [0.1, 0.15) is 5.82 Å². The number of aryl methyl sites for hydroxylation is 2. The number of oxime groups is 1. The van der Waals surface area contributed by atoms with E-state index in [4.69, 9.17) is 5.14 Å². The summed E-state index contributed by atoms with van der Waals surface area (Å²) in [5, 5.41) is 18.6. The number of aromatic amines is 1. The quantitative estimate of drug-likeness (QED) is 0.183. The van der Waals surface area contributed by atoms with Crippen LogP contribution in [0.4, 0.5) is 4.39 Å². The Morgan fingerprint density at radius 1 is 0.973 bits per heavy atom. The van der Waals surface area contributed by atoms with Gasteiger partial charge in [0.25, 0.3) is 5.56 Å². The second-order valence-corrected chi connectivity index (χ2v) is 10.5. The Balaban J connectivity index is 1.72. The first kappa shape index (κ1) is 26.0. The number of benzene rings is 3. The standard InChI is InChI=1S/C28H26FN3O4S/c1-17-14-23(29)9-12-25(17)26(15-27(32-34)22-13-18(2)28(33)31-16-22)21-5-3-19(4-6-21)20-7-10-24(11-8-20)37(30,35)36/h3-14,16,26,34H,15H2,1-2H3,(H,31,33)(H2,30,35,36)/b32-27+/t26-/m1/s1. The highest BCUT2D eigenvalue weighted by Gasteiger charge is 2.21. The van der Waals surface area contributed by atoms with Gasteiger partial charge in [-0.3, -0.25) is 4.79 Å². The number of primary sulfonamides is 1. The summed E-state index contributed by atoms with van der Waals surface area (Å²) in [6, 6.07) is 20.2. The van der Waals surface area contributed by atoms with Crippen LogP contribution in [0.2, 0.25) is 0 Å². The molecule has 0 amide bonds. The van der Waals surface area contributed by atoms with E-state index in [0.29, 0.717) is 16.8 Å². The summed E-state index contributed by atoms with van der Waals surface area (Å²) in [4.78, 5) is 14.5. The predicted molar refractivity (Wildman–Crippen MR) is 141 cm³/mol. The van der Waals surface area contributed by atoms with Gasteiger partial charge in [0, 0.05) is 29.7 Å². The van der Waals surface area contributed by atoms with Gasteiger partial charge in [-0.15, -0.1) is 0 Å². The maximum absolute atomic E-state index is 13.9. The summed E-state index contributed by atoms with van der Waals surface area (Å²) in [5.41, 5.74) is 5.43. The second-order valence-electron chi connectivity index (χ2n) is 8.90. The Bertz CT molecular complexity index is 1630. The monoisotopic (exact) mass is 519 g/mol. The molecule has 4 rings (SSSR count).